The molecule has 1 aromatic heterocycles. The Morgan fingerprint density at radius 2 is 1.95 bits per heavy atom. The first-order valence-corrected chi connectivity index (χ1v) is 7.47. The number of benzene rings is 1. The summed E-state index contributed by atoms with van der Waals surface area (Å²) in [5.74, 6) is 1.23. The SMILES string of the molecule is CCc1ccc(CN(C)C(=O)c2cc(C3CC3)on2)cc1. The molecule has 1 amide bonds. The van der Waals surface area contributed by atoms with Crippen LogP contribution in [0.15, 0.2) is 34.9 Å². The summed E-state index contributed by atoms with van der Waals surface area (Å²) in [6.45, 7) is 2.71. The second-order valence-corrected chi connectivity index (χ2v) is 5.72. The molecule has 0 saturated heterocycles. The summed E-state index contributed by atoms with van der Waals surface area (Å²) < 4.78 is 5.24. The maximum atomic E-state index is 12.3. The van der Waals surface area contributed by atoms with Crippen molar-refractivity contribution in [1.29, 1.82) is 0 Å². The summed E-state index contributed by atoms with van der Waals surface area (Å²) in [6, 6.07) is 10.1. The molecular weight excluding hydrogens is 264 g/mol. The molecular formula is C17H20N2O2. The minimum atomic E-state index is -0.0924. The van der Waals surface area contributed by atoms with Crippen molar-refractivity contribution in [1.82, 2.24) is 10.1 Å². The van der Waals surface area contributed by atoms with Crippen molar-refractivity contribution in [2.45, 2.75) is 38.6 Å². The van der Waals surface area contributed by atoms with Crippen LogP contribution in [0.5, 0.6) is 0 Å². The second kappa shape index (κ2) is 5.72. The first-order chi connectivity index (χ1) is 10.2. The first-order valence-electron chi connectivity index (χ1n) is 7.47. The van der Waals surface area contributed by atoms with Crippen molar-refractivity contribution >= 4 is 5.91 Å². The fraction of sp³-hybridized carbons (Fsp3) is 0.412. The molecule has 0 N–H and O–H groups in total. The molecule has 0 spiro atoms. The van der Waals surface area contributed by atoms with E-state index in [1.807, 2.05) is 0 Å². The van der Waals surface area contributed by atoms with Gasteiger partial charge in [0.1, 0.15) is 5.76 Å². The molecule has 1 heterocycles. The highest BCUT2D eigenvalue weighted by Crippen LogP contribution is 2.40. The standard InChI is InChI=1S/C17H20N2O2/c1-3-12-4-6-13(7-5-12)11-19(2)17(20)15-10-16(21-18-15)14-8-9-14/h4-7,10,14H,3,8-9,11H2,1-2H3. The molecule has 21 heavy (non-hydrogen) atoms. The number of rotatable bonds is 5. The molecule has 0 atom stereocenters. The number of amides is 1. The molecule has 4 nitrogen and oxygen atoms in total. The molecule has 0 bridgehead atoms. The maximum absolute atomic E-state index is 12.3. The van der Waals surface area contributed by atoms with Crippen LogP contribution in [0.4, 0.5) is 0 Å². The van der Waals surface area contributed by atoms with Gasteiger partial charge in [0, 0.05) is 25.6 Å². The van der Waals surface area contributed by atoms with Gasteiger partial charge in [0.15, 0.2) is 5.69 Å². The summed E-state index contributed by atoms with van der Waals surface area (Å²) in [7, 11) is 1.79. The van der Waals surface area contributed by atoms with Crippen LogP contribution in [0.25, 0.3) is 0 Å². The van der Waals surface area contributed by atoms with Gasteiger partial charge in [-0.15, -0.1) is 0 Å². The van der Waals surface area contributed by atoms with Crippen molar-refractivity contribution in [3.8, 4) is 0 Å². The molecule has 1 aliphatic rings. The number of hydrogen-bond donors (Lipinski definition) is 0. The zero-order valence-electron chi connectivity index (χ0n) is 12.5. The van der Waals surface area contributed by atoms with Gasteiger partial charge >= 0.3 is 0 Å². The van der Waals surface area contributed by atoms with Crippen LogP contribution < -0.4 is 0 Å². The van der Waals surface area contributed by atoms with Gasteiger partial charge in [0.2, 0.25) is 0 Å². The molecule has 110 valence electrons. The van der Waals surface area contributed by atoms with Gasteiger partial charge in [-0.1, -0.05) is 36.3 Å². The number of carbonyl (C=O) groups excluding carboxylic acids is 1. The lowest BCUT2D eigenvalue weighted by Crippen LogP contribution is -2.26. The predicted octanol–water partition coefficient (Wildman–Crippen LogP) is 3.39. The Morgan fingerprint density at radius 1 is 1.29 bits per heavy atom. The third kappa shape index (κ3) is 3.15. The highest BCUT2D eigenvalue weighted by Gasteiger charge is 2.29. The van der Waals surface area contributed by atoms with Crippen LogP contribution >= 0.6 is 0 Å². The van der Waals surface area contributed by atoms with E-state index in [4.69, 9.17) is 4.52 Å². The molecule has 1 aromatic carbocycles. The van der Waals surface area contributed by atoms with E-state index in [0.29, 0.717) is 18.2 Å². The summed E-state index contributed by atoms with van der Waals surface area (Å²) in [4.78, 5) is 14.0. The van der Waals surface area contributed by atoms with Crippen LogP contribution in [-0.2, 0) is 13.0 Å². The highest BCUT2D eigenvalue weighted by atomic mass is 16.5. The lowest BCUT2D eigenvalue weighted by molar-refractivity contribution is 0.0774. The summed E-state index contributed by atoms with van der Waals surface area (Å²) in [5, 5.41) is 3.90. The van der Waals surface area contributed by atoms with Gasteiger partial charge < -0.3 is 9.42 Å². The van der Waals surface area contributed by atoms with E-state index in [1.54, 1.807) is 18.0 Å². The fourth-order valence-corrected chi connectivity index (χ4v) is 2.37. The van der Waals surface area contributed by atoms with Gasteiger partial charge in [0.25, 0.3) is 5.91 Å². The highest BCUT2D eigenvalue weighted by molar-refractivity contribution is 5.92. The molecule has 1 aliphatic carbocycles. The minimum Gasteiger partial charge on any atom is -0.360 e. The van der Waals surface area contributed by atoms with Gasteiger partial charge in [-0.05, 0) is 30.4 Å². The van der Waals surface area contributed by atoms with Crippen LogP contribution in [0.1, 0.15) is 53.1 Å². The molecule has 0 aliphatic heterocycles. The van der Waals surface area contributed by atoms with Crippen LogP contribution in [-0.4, -0.2) is 23.0 Å². The fourth-order valence-electron chi connectivity index (χ4n) is 2.37. The van der Waals surface area contributed by atoms with Crippen LogP contribution in [0.2, 0.25) is 0 Å². The Hall–Kier alpha value is -2.10. The van der Waals surface area contributed by atoms with Gasteiger partial charge in [-0.3, -0.25) is 4.79 Å². The molecule has 4 heteroatoms. The smallest absolute Gasteiger partial charge is 0.276 e. The van der Waals surface area contributed by atoms with E-state index in [0.717, 1.165) is 30.6 Å². The zero-order valence-corrected chi connectivity index (χ0v) is 12.5. The molecule has 0 radical (unpaired) electrons. The van der Waals surface area contributed by atoms with E-state index in [1.165, 1.54) is 5.56 Å². The largest absolute Gasteiger partial charge is 0.360 e. The Balaban J connectivity index is 1.65. The number of hydrogen-bond acceptors (Lipinski definition) is 3. The average molecular weight is 284 g/mol. The van der Waals surface area contributed by atoms with Gasteiger partial charge in [0.05, 0.1) is 0 Å². The van der Waals surface area contributed by atoms with Crippen molar-refractivity contribution in [2.75, 3.05) is 7.05 Å². The molecule has 3 rings (SSSR count). The van der Waals surface area contributed by atoms with Crippen molar-refractivity contribution in [3.05, 3.63) is 52.9 Å². The first kappa shape index (κ1) is 13.9. The monoisotopic (exact) mass is 284 g/mol. The normalized spacial score (nSPS) is 14.2. The van der Waals surface area contributed by atoms with E-state index in [2.05, 4.69) is 36.3 Å². The van der Waals surface area contributed by atoms with Crippen molar-refractivity contribution in [3.63, 3.8) is 0 Å². The third-order valence-electron chi connectivity index (χ3n) is 3.92. The Bertz CT molecular complexity index is 626. The Morgan fingerprint density at radius 3 is 2.57 bits per heavy atom. The Labute approximate surface area is 124 Å². The second-order valence-electron chi connectivity index (χ2n) is 5.72. The van der Waals surface area contributed by atoms with Crippen LogP contribution in [0, 0.1) is 0 Å². The van der Waals surface area contributed by atoms with E-state index in [9.17, 15) is 4.79 Å². The lowest BCUT2D eigenvalue weighted by atomic mass is 10.1. The summed E-state index contributed by atoms with van der Waals surface area (Å²) in [6.07, 6.45) is 3.31. The molecule has 0 unspecified atom stereocenters. The van der Waals surface area contributed by atoms with Gasteiger partial charge in [-0.25, -0.2) is 0 Å². The number of aromatic nitrogens is 1. The quantitative estimate of drug-likeness (QED) is 0.845. The van der Waals surface area contributed by atoms with Crippen molar-refractivity contribution < 1.29 is 9.32 Å². The average Bonchev–Trinajstić information content (AvgIpc) is 3.25. The predicted molar refractivity (Wildman–Crippen MR) is 80.1 cm³/mol. The van der Waals surface area contributed by atoms with Crippen LogP contribution in [0.3, 0.4) is 0 Å². The maximum Gasteiger partial charge on any atom is 0.276 e. The minimum absolute atomic E-state index is 0.0924. The topological polar surface area (TPSA) is 46.3 Å². The number of aryl methyl sites for hydroxylation is 1. The summed E-state index contributed by atoms with van der Waals surface area (Å²) in [5.41, 5.74) is 2.83. The zero-order chi connectivity index (χ0) is 14.8. The van der Waals surface area contributed by atoms with Crippen molar-refractivity contribution in [2.24, 2.45) is 0 Å². The number of nitrogens with zero attached hydrogens (tertiary/aromatic N) is 2. The van der Waals surface area contributed by atoms with E-state index >= 15 is 0 Å². The molecule has 1 saturated carbocycles. The Kier molecular flexibility index (Phi) is 3.78. The van der Waals surface area contributed by atoms with Gasteiger partial charge in [-0.2, -0.15) is 0 Å². The summed E-state index contributed by atoms with van der Waals surface area (Å²) >= 11 is 0. The molecule has 1 fully saturated rings. The van der Waals surface area contributed by atoms with E-state index < -0.39 is 0 Å². The lowest BCUT2D eigenvalue weighted by Gasteiger charge is -2.15. The number of carbonyl (C=O) groups is 1. The molecule has 2 aromatic rings. The third-order valence-corrected chi connectivity index (χ3v) is 3.92. The van der Waals surface area contributed by atoms with E-state index in [-0.39, 0.29) is 5.91 Å².